The van der Waals surface area contributed by atoms with Gasteiger partial charge >= 0.3 is 17.9 Å². The van der Waals surface area contributed by atoms with E-state index in [1.165, 1.54) is 50.7 Å². The molecule has 2 aliphatic carbocycles. The third-order valence-electron chi connectivity index (χ3n) is 13.3. The number of nitrogens with zero attached hydrogens (tertiary/aromatic N) is 3. The maximum atomic E-state index is 13.3. The van der Waals surface area contributed by atoms with Crippen molar-refractivity contribution < 1.29 is 33.8 Å². The zero-order valence-corrected chi connectivity index (χ0v) is 38.1. The number of aromatic carboxylic acids is 1. The van der Waals surface area contributed by atoms with Gasteiger partial charge < -0.3 is 24.8 Å². The highest BCUT2D eigenvalue weighted by molar-refractivity contribution is 6.00. The summed E-state index contributed by atoms with van der Waals surface area (Å²) in [6.07, 6.45) is 10.8. The SMILES string of the molecule is C.COC(=O)c1cc(C(=O)N2CCC(c3ccc(C#N)cc3)CC2)c(C)cc1C1CCC1.COC(=O)c1cc(C(=O)O)c(C)cc1C1CCC1.Cl.N#Cc1ccc(C2CCNCC2)cc1. The largest absolute Gasteiger partial charge is 0.478 e. The Hall–Kier alpha value is -6.01. The molecule has 8 rings (SSSR count). The molecule has 2 aliphatic heterocycles. The van der Waals surface area contributed by atoms with Crippen molar-refractivity contribution >= 4 is 36.2 Å². The lowest BCUT2D eigenvalue weighted by Crippen LogP contribution is -2.38. The molecular formula is C53H63ClN4O7. The second-order valence-corrected chi connectivity index (χ2v) is 17.1. The molecular weight excluding hydrogens is 840 g/mol. The fourth-order valence-electron chi connectivity index (χ4n) is 9.01. The minimum Gasteiger partial charge on any atom is -0.478 e. The van der Waals surface area contributed by atoms with Crippen molar-refractivity contribution in [2.75, 3.05) is 40.4 Å². The highest BCUT2D eigenvalue weighted by atomic mass is 35.5. The summed E-state index contributed by atoms with van der Waals surface area (Å²) in [5.41, 5.74) is 9.28. The number of halogens is 1. The Labute approximate surface area is 390 Å². The van der Waals surface area contributed by atoms with Gasteiger partial charge in [-0.2, -0.15) is 10.5 Å². The second kappa shape index (κ2) is 24.3. The van der Waals surface area contributed by atoms with Gasteiger partial charge in [0.05, 0.1) is 54.2 Å². The molecule has 0 unspecified atom stereocenters. The fourth-order valence-corrected chi connectivity index (χ4v) is 9.01. The molecule has 1 amide bonds. The summed E-state index contributed by atoms with van der Waals surface area (Å²) in [6, 6.07) is 27.1. The van der Waals surface area contributed by atoms with Gasteiger partial charge in [0.2, 0.25) is 0 Å². The number of carboxylic acids is 1. The number of nitriles is 2. The average molecular weight is 904 g/mol. The highest BCUT2D eigenvalue weighted by Crippen LogP contribution is 2.41. The van der Waals surface area contributed by atoms with E-state index < -0.39 is 11.9 Å². The van der Waals surface area contributed by atoms with Crippen LogP contribution in [0.25, 0.3) is 0 Å². The van der Waals surface area contributed by atoms with Crippen LogP contribution in [0, 0.1) is 36.5 Å². The predicted octanol–water partition coefficient (Wildman–Crippen LogP) is 10.8. The van der Waals surface area contributed by atoms with Crippen molar-refractivity contribution in [2.45, 2.75) is 109 Å². The maximum absolute atomic E-state index is 13.3. The van der Waals surface area contributed by atoms with E-state index in [-0.39, 0.29) is 37.3 Å². The number of carbonyl (C=O) groups is 4. The first-order chi connectivity index (χ1) is 30.5. The summed E-state index contributed by atoms with van der Waals surface area (Å²) in [7, 11) is 2.70. The Kier molecular flexibility index (Phi) is 19.3. The molecule has 65 heavy (non-hydrogen) atoms. The molecule has 2 N–H and O–H groups in total. The minimum absolute atomic E-state index is 0. The molecule has 344 valence electrons. The molecule has 0 spiro atoms. The number of carboxylic acid groups (broad SMARTS) is 1. The van der Waals surface area contributed by atoms with Crippen molar-refractivity contribution in [3.05, 3.63) is 140 Å². The van der Waals surface area contributed by atoms with Crippen LogP contribution in [0.1, 0.15) is 181 Å². The van der Waals surface area contributed by atoms with Crippen molar-refractivity contribution in [3.63, 3.8) is 0 Å². The van der Waals surface area contributed by atoms with Crippen LogP contribution in [0.5, 0.6) is 0 Å². The van der Waals surface area contributed by atoms with E-state index in [0.29, 0.717) is 64.6 Å². The lowest BCUT2D eigenvalue weighted by Gasteiger charge is -2.33. The number of piperidine rings is 2. The van der Waals surface area contributed by atoms with Crippen molar-refractivity contribution in [1.29, 1.82) is 10.5 Å². The molecule has 2 saturated heterocycles. The van der Waals surface area contributed by atoms with E-state index in [1.54, 1.807) is 13.0 Å². The summed E-state index contributed by atoms with van der Waals surface area (Å²) in [6.45, 7) is 7.31. The van der Waals surface area contributed by atoms with E-state index in [1.807, 2.05) is 60.4 Å². The zero-order valence-electron chi connectivity index (χ0n) is 37.3. The number of aryl methyl sites for hydroxylation is 2. The lowest BCUT2D eigenvalue weighted by atomic mass is 9.77. The van der Waals surface area contributed by atoms with E-state index in [0.717, 1.165) is 80.3 Å². The van der Waals surface area contributed by atoms with E-state index in [9.17, 15) is 19.2 Å². The third kappa shape index (κ3) is 12.6. The first-order valence-corrected chi connectivity index (χ1v) is 22.1. The first-order valence-electron chi connectivity index (χ1n) is 22.1. The van der Waals surface area contributed by atoms with Crippen LogP contribution in [0.4, 0.5) is 0 Å². The van der Waals surface area contributed by atoms with Crippen molar-refractivity contribution in [3.8, 4) is 12.1 Å². The summed E-state index contributed by atoms with van der Waals surface area (Å²) in [5.74, 6) is -0.0250. The number of rotatable bonds is 8. The Balaban J connectivity index is 0.000000231. The molecule has 2 saturated carbocycles. The number of amides is 1. The van der Waals surface area contributed by atoms with Crippen molar-refractivity contribution in [2.24, 2.45) is 0 Å². The van der Waals surface area contributed by atoms with Crippen LogP contribution in [0.2, 0.25) is 0 Å². The molecule has 0 radical (unpaired) electrons. The van der Waals surface area contributed by atoms with Crippen LogP contribution in [-0.2, 0) is 9.47 Å². The molecule has 0 atom stereocenters. The number of ether oxygens (including phenoxy) is 2. The zero-order chi connectivity index (χ0) is 45.0. The maximum Gasteiger partial charge on any atom is 0.338 e. The molecule has 11 nitrogen and oxygen atoms in total. The number of likely N-dealkylation sites (tertiary alicyclic amines) is 1. The van der Waals surface area contributed by atoms with Crippen LogP contribution in [0.3, 0.4) is 0 Å². The van der Waals surface area contributed by atoms with Crippen LogP contribution < -0.4 is 5.32 Å². The molecule has 4 fully saturated rings. The number of hydrogen-bond acceptors (Lipinski definition) is 9. The Morgan fingerprint density at radius 1 is 0.600 bits per heavy atom. The summed E-state index contributed by atoms with van der Waals surface area (Å²) in [4.78, 5) is 50.5. The van der Waals surface area contributed by atoms with Gasteiger partial charge in [-0.3, -0.25) is 4.79 Å². The first kappa shape index (κ1) is 51.6. The van der Waals surface area contributed by atoms with Gasteiger partial charge in [-0.15, -0.1) is 12.4 Å². The van der Waals surface area contributed by atoms with Crippen LogP contribution in [0.15, 0.2) is 72.8 Å². The van der Waals surface area contributed by atoms with Crippen LogP contribution in [-0.4, -0.2) is 74.2 Å². The van der Waals surface area contributed by atoms with E-state index in [2.05, 4.69) is 29.6 Å². The highest BCUT2D eigenvalue weighted by Gasteiger charge is 2.31. The van der Waals surface area contributed by atoms with Gasteiger partial charge in [0.1, 0.15) is 0 Å². The van der Waals surface area contributed by atoms with Gasteiger partial charge in [-0.25, -0.2) is 14.4 Å². The normalized spacial score (nSPS) is 16.1. The second-order valence-electron chi connectivity index (χ2n) is 17.1. The molecule has 4 aromatic rings. The number of carbonyl (C=O) groups excluding carboxylic acids is 3. The number of benzene rings is 4. The monoisotopic (exact) mass is 902 g/mol. The summed E-state index contributed by atoms with van der Waals surface area (Å²) in [5, 5.41) is 30.1. The smallest absolute Gasteiger partial charge is 0.338 e. The topological polar surface area (TPSA) is 170 Å². The van der Waals surface area contributed by atoms with Gasteiger partial charge in [-0.1, -0.05) is 56.7 Å². The van der Waals surface area contributed by atoms with Gasteiger partial charge in [0.25, 0.3) is 5.91 Å². The Bertz CT molecular complexity index is 2360. The molecule has 0 aromatic heterocycles. The summed E-state index contributed by atoms with van der Waals surface area (Å²) >= 11 is 0. The van der Waals surface area contributed by atoms with Crippen molar-refractivity contribution in [1.82, 2.24) is 10.2 Å². The summed E-state index contributed by atoms with van der Waals surface area (Å²) < 4.78 is 9.75. The number of hydrogen-bond donors (Lipinski definition) is 2. The quantitative estimate of drug-likeness (QED) is 0.162. The fraction of sp³-hybridized carbons (Fsp3) is 0.434. The predicted molar refractivity (Wildman–Crippen MR) is 254 cm³/mol. The van der Waals surface area contributed by atoms with E-state index in [4.69, 9.17) is 25.1 Å². The molecule has 0 bridgehead atoms. The number of esters is 2. The Morgan fingerprint density at radius 2 is 1.00 bits per heavy atom. The standard InChI is InChI=1S/C26H28N2O3.C14H16O4.C12H14N2.CH4.ClH/c1-17-14-23(21-4-3-5-21)24(26(30)31-2)15-22(17)25(29)28-12-10-20(11-13-28)19-8-6-18(16-27)7-9-19;1-8-6-11(9-4-3-5-9)12(14(17)18-2)7-10(8)13(15)16;13-9-10-1-3-11(4-2-10)12-5-7-14-8-6-12;;/h6-9,14-15,20-21H,3-5,10-13H2,1-2H3;6-7,9H,3-5H2,1-2H3,(H,15,16);1-4,12,14H,5-8H2;1H4;1H. The number of methoxy groups -OCH3 is 2. The van der Waals surface area contributed by atoms with Gasteiger partial charge in [0.15, 0.2) is 0 Å². The Morgan fingerprint density at radius 3 is 1.37 bits per heavy atom. The third-order valence-corrected chi connectivity index (χ3v) is 13.3. The molecule has 12 heteroatoms. The van der Waals surface area contributed by atoms with Crippen LogP contribution >= 0.6 is 12.4 Å². The molecule has 2 heterocycles. The average Bonchev–Trinajstić information content (AvgIpc) is 3.28. The van der Waals surface area contributed by atoms with E-state index >= 15 is 0 Å². The minimum atomic E-state index is -1.02. The number of nitrogens with one attached hydrogen (secondary N) is 1. The molecule has 4 aliphatic rings. The molecule has 4 aromatic carbocycles. The van der Waals surface area contributed by atoms with Gasteiger partial charge in [-0.05, 0) is 172 Å². The van der Waals surface area contributed by atoms with Gasteiger partial charge in [0, 0.05) is 18.7 Å². The lowest BCUT2D eigenvalue weighted by molar-refractivity contribution is 0.0588.